The van der Waals surface area contributed by atoms with Gasteiger partial charge in [-0.15, -0.1) is 11.8 Å². The summed E-state index contributed by atoms with van der Waals surface area (Å²) in [4.78, 5) is 11.9. The van der Waals surface area contributed by atoms with E-state index in [0.29, 0.717) is 16.8 Å². The molecule has 2 rings (SSSR count). The molecule has 0 unspecified atom stereocenters. The van der Waals surface area contributed by atoms with Crippen molar-refractivity contribution in [3.8, 4) is 0 Å². The number of aryl methyl sites for hydroxylation is 1. The summed E-state index contributed by atoms with van der Waals surface area (Å²) in [5.41, 5.74) is 10.0. The van der Waals surface area contributed by atoms with E-state index in [0.717, 1.165) is 17.9 Å². The average molecular weight is 402 g/mol. The minimum atomic E-state index is -0.108. The third-order valence-electron chi connectivity index (χ3n) is 4.29. The van der Waals surface area contributed by atoms with Crippen LogP contribution in [0.2, 0.25) is 0 Å². The van der Waals surface area contributed by atoms with E-state index in [4.69, 9.17) is 12.2 Å². The van der Waals surface area contributed by atoms with Crippen molar-refractivity contribution in [1.29, 1.82) is 0 Å². The van der Waals surface area contributed by atoms with Gasteiger partial charge in [-0.05, 0) is 54.7 Å². The second-order valence-electron chi connectivity index (χ2n) is 6.54. The highest BCUT2D eigenvalue weighted by Crippen LogP contribution is 2.20. The van der Waals surface area contributed by atoms with Crippen LogP contribution in [0.5, 0.6) is 0 Å². The van der Waals surface area contributed by atoms with Crippen LogP contribution >= 0.6 is 24.0 Å². The SMILES string of the molecule is CC[C@@H](C)c1ccc(NC(=S)NNC(=O)CSCc2ccc(C)cc2)cc1. The van der Waals surface area contributed by atoms with Crippen molar-refractivity contribution in [3.63, 3.8) is 0 Å². The van der Waals surface area contributed by atoms with Crippen molar-refractivity contribution in [2.75, 3.05) is 11.1 Å². The Balaban J connectivity index is 1.67. The summed E-state index contributed by atoms with van der Waals surface area (Å²) in [5.74, 6) is 1.61. The van der Waals surface area contributed by atoms with E-state index in [1.807, 2.05) is 12.1 Å². The fraction of sp³-hybridized carbons (Fsp3) is 0.333. The van der Waals surface area contributed by atoms with Crippen LogP contribution in [0, 0.1) is 6.92 Å². The molecule has 0 aliphatic rings. The molecule has 27 heavy (non-hydrogen) atoms. The Morgan fingerprint density at radius 3 is 2.37 bits per heavy atom. The molecule has 2 aromatic carbocycles. The summed E-state index contributed by atoms with van der Waals surface area (Å²) in [6.45, 7) is 6.45. The van der Waals surface area contributed by atoms with E-state index < -0.39 is 0 Å². The normalized spacial score (nSPS) is 11.5. The average Bonchev–Trinajstić information content (AvgIpc) is 2.68. The first-order valence-corrected chi connectivity index (χ1v) is 10.6. The molecule has 0 aromatic heterocycles. The van der Waals surface area contributed by atoms with Crippen LogP contribution in [-0.4, -0.2) is 16.8 Å². The van der Waals surface area contributed by atoms with Crippen molar-refractivity contribution in [2.24, 2.45) is 0 Å². The third kappa shape index (κ3) is 7.61. The molecule has 0 saturated heterocycles. The summed E-state index contributed by atoms with van der Waals surface area (Å²) >= 11 is 6.79. The second kappa shape index (κ2) is 10.9. The smallest absolute Gasteiger partial charge is 0.248 e. The molecule has 0 aliphatic heterocycles. The van der Waals surface area contributed by atoms with Gasteiger partial charge in [0.25, 0.3) is 0 Å². The number of nitrogens with one attached hydrogen (secondary N) is 3. The quantitative estimate of drug-likeness (QED) is 0.461. The Kier molecular flexibility index (Phi) is 8.61. The van der Waals surface area contributed by atoms with Crippen LogP contribution in [0.1, 0.15) is 42.9 Å². The Bertz CT molecular complexity index is 745. The summed E-state index contributed by atoms with van der Waals surface area (Å²) in [7, 11) is 0. The summed E-state index contributed by atoms with van der Waals surface area (Å²) in [6, 6.07) is 16.5. The van der Waals surface area contributed by atoms with Gasteiger partial charge < -0.3 is 5.32 Å². The number of hydrogen-bond donors (Lipinski definition) is 3. The third-order valence-corrected chi connectivity index (χ3v) is 5.50. The highest BCUT2D eigenvalue weighted by molar-refractivity contribution is 7.99. The molecule has 0 heterocycles. The van der Waals surface area contributed by atoms with Crippen molar-refractivity contribution < 1.29 is 4.79 Å². The lowest BCUT2D eigenvalue weighted by atomic mass is 9.99. The number of hydrogen-bond acceptors (Lipinski definition) is 3. The van der Waals surface area contributed by atoms with Gasteiger partial charge in [0.2, 0.25) is 5.91 Å². The zero-order valence-electron chi connectivity index (χ0n) is 16.0. The van der Waals surface area contributed by atoms with E-state index in [-0.39, 0.29) is 5.91 Å². The minimum Gasteiger partial charge on any atom is -0.331 e. The van der Waals surface area contributed by atoms with Gasteiger partial charge in [-0.1, -0.05) is 55.8 Å². The molecule has 1 amide bonds. The Morgan fingerprint density at radius 1 is 1.07 bits per heavy atom. The van der Waals surface area contributed by atoms with Crippen LogP contribution in [-0.2, 0) is 10.5 Å². The molecule has 0 saturated carbocycles. The van der Waals surface area contributed by atoms with Crippen LogP contribution in [0.3, 0.4) is 0 Å². The largest absolute Gasteiger partial charge is 0.331 e. The first kappa shape index (κ1) is 21.3. The van der Waals surface area contributed by atoms with Gasteiger partial charge >= 0.3 is 0 Å². The van der Waals surface area contributed by atoms with E-state index in [1.165, 1.54) is 16.7 Å². The molecule has 2 aromatic rings. The summed E-state index contributed by atoms with van der Waals surface area (Å²) in [5, 5.41) is 3.43. The van der Waals surface area contributed by atoms with Crippen molar-refractivity contribution in [3.05, 3.63) is 65.2 Å². The molecule has 1 atom stereocenters. The van der Waals surface area contributed by atoms with Crippen LogP contribution < -0.4 is 16.2 Å². The van der Waals surface area contributed by atoms with E-state index in [1.54, 1.807) is 11.8 Å². The van der Waals surface area contributed by atoms with Crippen LogP contribution in [0.15, 0.2) is 48.5 Å². The summed E-state index contributed by atoms with van der Waals surface area (Å²) < 4.78 is 0. The number of carbonyl (C=O) groups excluding carboxylic acids is 1. The van der Waals surface area contributed by atoms with Crippen molar-refractivity contribution in [2.45, 2.75) is 38.9 Å². The number of carbonyl (C=O) groups is 1. The van der Waals surface area contributed by atoms with E-state index in [9.17, 15) is 4.79 Å². The van der Waals surface area contributed by atoms with Gasteiger partial charge in [0.1, 0.15) is 0 Å². The van der Waals surface area contributed by atoms with Gasteiger partial charge in [-0.2, -0.15) is 0 Å². The molecule has 144 valence electrons. The molecule has 6 heteroatoms. The van der Waals surface area contributed by atoms with E-state index in [2.05, 4.69) is 73.3 Å². The van der Waals surface area contributed by atoms with Crippen molar-refractivity contribution >= 4 is 40.7 Å². The lowest BCUT2D eigenvalue weighted by Crippen LogP contribution is -2.44. The number of anilines is 1. The summed E-state index contributed by atoms with van der Waals surface area (Å²) in [6.07, 6.45) is 1.11. The number of hydrazine groups is 1. The fourth-order valence-electron chi connectivity index (χ4n) is 2.40. The number of thioether (sulfide) groups is 1. The number of amides is 1. The molecular formula is C21H27N3OS2. The first-order valence-electron chi connectivity index (χ1n) is 9.07. The molecule has 0 aliphatic carbocycles. The molecule has 0 spiro atoms. The topological polar surface area (TPSA) is 53.2 Å². The maximum atomic E-state index is 11.9. The zero-order chi connectivity index (χ0) is 19.6. The lowest BCUT2D eigenvalue weighted by Gasteiger charge is -2.13. The molecule has 3 N–H and O–H groups in total. The zero-order valence-corrected chi connectivity index (χ0v) is 17.7. The maximum absolute atomic E-state index is 11.9. The predicted molar refractivity (Wildman–Crippen MR) is 120 cm³/mol. The predicted octanol–water partition coefficient (Wildman–Crippen LogP) is 4.76. The maximum Gasteiger partial charge on any atom is 0.248 e. The first-order chi connectivity index (χ1) is 13.0. The number of thiocarbonyl (C=S) groups is 1. The molecule has 4 nitrogen and oxygen atoms in total. The number of rotatable bonds is 7. The van der Waals surface area contributed by atoms with E-state index >= 15 is 0 Å². The molecule has 0 bridgehead atoms. The highest BCUT2D eigenvalue weighted by Gasteiger charge is 2.05. The Hall–Kier alpha value is -2.05. The molecule has 0 radical (unpaired) electrons. The lowest BCUT2D eigenvalue weighted by molar-refractivity contribution is -0.119. The van der Waals surface area contributed by atoms with Gasteiger partial charge in [-0.3, -0.25) is 15.6 Å². The minimum absolute atomic E-state index is 0.108. The van der Waals surface area contributed by atoms with Gasteiger partial charge in [0, 0.05) is 11.4 Å². The monoisotopic (exact) mass is 401 g/mol. The molecule has 0 fully saturated rings. The highest BCUT2D eigenvalue weighted by atomic mass is 32.2. The van der Waals surface area contributed by atoms with Crippen LogP contribution in [0.4, 0.5) is 5.69 Å². The Morgan fingerprint density at radius 2 is 1.74 bits per heavy atom. The standard InChI is InChI=1S/C21H27N3OS2/c1-4-16(3)18-9-11-19(12-10-18)22-21(26)24-23-20(25)14-27-13-17-7-5-15(2)6-8-17/h5-12,16H,4,13-14H2,1-3H3,(H,23,25)(H2,22,24,26)/t16-/m1/s1. The number of benzene rings is 2. The second-order valence-corrected chi connectivity index (χ2v) is 7.93. The van der Waals surface area contributed by atoms with Crippen LogP contribution in [0.25, 0.3) is 0 Å². The van der Waals surface area contributed by atoms with Crippen molar-refractivity contribution in [1.82, 2.24) is 10.9 Å². The molecular weight excluding hydrogens is 374 g/mol. The van der Waals surface area contributed by atoms with Gasteiger partial charge in [-0.25, -0.2) is 0 Å². The fourth-order valence-corrected chi connectivity index (χ4v) is 3.36. The Labute approximate surface area is 171 Å². The van der Waals surface area contributed by atoms with Gasteiger partial charge in [0.05, 0.1) is 5.75 Å². The van der Waals surface area contributed by atoms with Gasteiger partial charge in [0.15, 0.2) is 5.11 Å².